The molecule has 0 aliphatic carbocycles. The molecule has 0 saturated carbocycles. The molecular formula is C33H44N6O4S. The molecule has 3 saturated heterocycles. The average Bonchev–Trinajstić information content (AvgIpc) is 3.75. The SMILES string of the molecule is Cc1ncsc1-c1ccc([C@H](C)NC(=O)[C@]2(C(=O)CC(C)c3cc(N4CC(OC5CCNCC5)C4)no3)NCCC2C)cc1. The van der Waals surface area contributed by atoms with Crippen LogP contribution in [0, 0.1) is 12.8 Å². The number of thiazole rings is 1. The van der Waals surface area contributed by atoms with Crippen molar-refractivity contribution in [3.8, 4) is 10.4 Å². The quantitative estimate of drug-likeness (QED) is 0.268. The van der Waals surface area contributed by atoms with Crippen molar-refractivity contribution < 1.29 is 18.8 Å². The fourth-order valence-electron chi connectivity index (χ4n) is 6.69. The van der Waals surface area contributed by atoms with Gasteiger partial charge in [0.15, 0.2) is 17.1 Å². The summed E-state index contributed by atoms with van der Waals surface area (Å²) in [5.74, 6) is 0.693. The molecule has 0 bridgehead atoms. The lowest BCUT2D eigenvalue weighted by atomic mass is 9.78. The van der Waals surface area contributed by atoms with Crippen LogP contribution in [0.2, 0.25) is 0 Å². The number of aryl methyl sites for hydroxylation is 1. The summed E-state index contributed by atoms with van der Waals surface area (Å²) in [6, 6.07) is 9.85. The molecule has 5 heterocycles. The highest BCUT2D eigenvalue weighted by molar-refractivity contribution is 7.13. The van der Waals surface area contributed by atoms with Crippen LogP contribution in [0.1, 0.15) is 75.4 Å². The summed E-state index contributed by atoms with van der Waals surface area (Å²) < 4.78 is 11.9. The maximum atomic E-state index is 13.9. The van der Waals surface area contributed by atoms with Gasteiger partial charge in [-0.2, -0.15) is 0 Å². The van der Waals surface area contributed by atoms with Crippen LogP contribution in [0.3, 0.4) is 0 Å². The number of ether oxygens (including phenoxy) is 1. The minimum atomic E-state index is -1.28. The Bertz CT molecular complexity index is 1440. The number of nitrogens with zero attached hydrogens (tertiary/aromatic N) is 3. The third-order valence-electron chi connectivity index (χ3n) is 9.62. The van der Waals surface area contributed by atoms with Gasteiger partial charge in [-0.3, -0.25) is 14.9 Å². The summed E-state index contributed by atoms with van der Waals surface area (Å²) >= 11 is 1.62. The van der Waals surface area contributed by atoms with Crippen LogP contribution < -0.4 is 20.9 Å². The van der Waals surface area contributed by atoms with Gasteiger partial charge in [0, 0.05) is 31.5 Å². The first-order valence-electron chi connectivity index (χ1n) is 15.9. The monoisotopic (exact) mass is 620 g/mol. The third-order valence-corrected chi connectivity index (χ3v) is 10.6. The van der Waals surface area contributed by atoms with E-state index in [1.807, 2.05) is 51.4 Å². The van der Waals surface area contributed by atoms with Crippen molar-refractivity contribution in [3.05, 3.63) is 52.9 Å². The molecule has 6 rings (SSSR count). The van der Waals surface area contributed by atoms with E-state index < -0.39 is 5.54 Å². The Kier molecular flexibility index (Phi) is 9.18. The van der Waals surface area contributed by atoms with Crippen LogP contribution in [-0.2, 0) is 14.3 Å². The lowest BCUT2D eigenvalue weighted by molar-refractivity contribution is -0.139. The summed E-state index contributed by atoms with van der Waals surface area (Å²) in [4.78, 5) is 35.5. The molecule has 2 aromatic heterocycles. The largest absolute Gasteiger partial charge is 0.371 e. The second-order valence-electron chi connectivity index (χ2n) is 12.7. The van der Waals surface area contributed by atoms with Crippen molar-refractivity contribution in [1.29, 1.82) is 0 Å². The van der Waals surface area contributed by atoms with Gasteiger partial charge in [0.2, 0.25) is 5.91 Å². The number of hydrogen-bond acceptors (Lipinski definition) is 10. The molecule has 1 aromatic carbocycles. The Hall–Kier alpha value is -3.12. The van der Waals surface area contributed by atoms with Gasteiger partial charge in [-0.15, -0.1) is 11.3 Å². The smallest absolute Gasteiger partial charge is 0.248 e. The number of rotatable bonds is 11. The number of anilines is 1. The number of Topliss-reactive ketones (excluding diaryl/α,β-unsaturated/α-hetero) is 1. The number of carbonyl (C=O) groups is 2. The van der Waals surface area contributed by atoms with Crippen LogP contribution in [0.25, 0.3) is 10.4 Å². The van der Waals surface area contributed by atoms with Crippen molar-refractivity contribution in [2.75, 3.05) is 37.6 Å². The molecule has 44 heavy (non-hydrogen) atoms. The molecule has 0 spiro atoms. The Morgan fingerprint density at radius 1 is 1.14 bits per heavy atom. The normalized spacial score (nSPS) is 24.2. The van der Waals surface area contributed by atoms with Gasteiger partial charge in [-0.05, 0) is 69.8 Å². The number of amides is 1. The van der Waals surface area contributed by atoms with E-state index in [9.17, 15) is 9.59 Å². The zero-order chi connectivity index (χ0) is 30.8. The molecule has 3 aromatic rings. The van der Waals surface area contributed by atoms with Crippen LogP contribution >= 0.6 is 11.3 Å². The number of ketones is 1. The first-order valence-corrected chi connectivity index (χ1v) is 16.8. The fourth-order valence-corrected chi connectivity index (χ4v) is 7.50. The average molecular weight is 621 g/mol. The molecular weight excluding hydrogens is 576 g/mol. The van der Waals surface area contributed by atoms with E-state index >= 15 is 0 Å². The van der Waals surface area contributed by atoms with E-state index in [0.29, 0.717) is 18.4 Å². The maximum Gasteiger partial charge on any atom is 0.248 e. The second kappa shape index (κ2) is 13.1. The number of carbonyl (C=O) groups excluding carboxylic acids is 2. The number of aromatic nitrogens is 2. The molecule has 236 valence electrons. The molecule has 2 unspecified atom stereocenters. The Balaban J connectivity index is 1.06. The lowest BCUT2D eigenvalue weighted by Gasteiger charge is -2.41. The van der Waals surface area contributed by atoms with Gasteiger partial charge in [-0.1, -0.05) is 43.3 Å². The standard InChI is InChI=1S/C33H44N6O4S/c1-20(28-16-30(38-43-28)39-17-27(18-39)42-26-10-12-34-13-11-26)15-29(40)33(21(2)9-14-36-33)32(41)37-22(3)24-5-7-25(8-6-24)31-23(4)35-19-44-31/h5-8,16,19-22,26-27,34,36H,9-15,17-18H2,1-4H3,(H,37,41)/t20?,21?,22-,33-/m0/s1. The second-order valence-corrected chi connectivity index (χ2v) is 13.6. The fraction of sp³-hybridized carbons (Fsp3) is 0.576. The molecule has 4 atom stereocenters. The van der Waals surface area contributed by atoms with E-state index in [2.05, 4.69) is 43.1 Å². The van der Waals surface area contributed by atoms with E-state index in [-0.39, 0.29) is 42.1 Å². The van der Waals surface area contributed by atoms with E-state index in [1.54, 1.807) is 11.3 Å². The van der Waals surface area contributed by atoms with Crippen molar-refractivity contribution in [2.24, 2.45) is 5.92 Å². The lowest BCUT2D eigenvalue weighted by Crippen LogP contribution is -2.62. The molecule has 1 amide bonds. The Morgan fingerprint density at radius 3 is 2.55 bits per heavy atom. The van der Waals surface area contributed by atoms with Crippen LogP contribution in [0.15, 0.2) is 40.4 Å². The third kappa shape index (κ3) is 6.20. The maximum absolute atomic E-state index is 13.9. The highest BCUT2D eigenvalue weighted by Gasteiger charge is 2.53. The Labute approximate surface area is 263 Å². The number of hydrogen-bond donors (Lipinski definition) is 3. The van der Waals surface area contributed by atoms with Crippen LogP contribution in [-0.4, -0.2) is 72.3 Å². The molecule has 3 fully saturated rings. The number of benzene rings is 1. The van der Waals surface area contributed by atoms with Crippen molar-refractivity contribution in [1.82, 2.24) is 26.1 Å². The summed E-state index contributed by atoms with van der Waals surface area (Å²) in [7, 11) is 0. The molecule has 10 nitrogen and oxygen atoms in total. The summed E-state index contributed by atoms with van der Waals surface area (Å²) in [6.45, 7) is 12.1. The van der Waals surface area contributed by atoms with Gasteiger partial charge in [-0.25, -0.2) is 4.98 Å². The van der Waals surface area contributed by atoms with Gasteiger partial charge in [0.05, 0.1) is 34.3 Å². The zero-order valence-corrected chi connectivity index (χ0v) is 26.9. The van der Waals surface area contributed by atoms with Crippen LogP contribution in [0.5, 0.6) is 0 Å². The minimum absolute atomic E-state index is 0.118. The van der Waals surface area contributed by atoms with Crippen LogP contribution in [0.4, 0.5) is 5.82 Å². The number of nitrogens with one attached hydrogen (secondary N) is 3. The van der Waals surface area contributed by atoms with Gasteiger partial charge >= 0.3 is 0 Å². The topological polar surface area (TPSA) is 122 Å². The van der Waals surface area contributed by atoms with Crippen molar-refractivity contribution >= 4 is 28.8 Å². The number of piperidine rings is 1. The molecule has 3 aliphatic rings. The van der Waals surface area contributed by atoms with E-state index in [4.69, 9.17) is 9.26 Å². The first-order chi connectivity index (χ1) is 21.2. The van der Waals surface area contributed by atoms with Crippen molar-refractivity contribution in [2.45, 2.75) is 83.1 Å². The summed E-state index contributed by atoms with van der Waals surface area (Å²) in [5.41, 5.74) is 3.67. The first kappa shape index (κ1) is 30.9. The highest BCUT2D eigenvalue weighted by atomic mass is 32.1. The zero-order valence-electron chi connectivity index (χ0n) is 26.1. The molecule has 3 aliphatic heterocycles. The predicted octanol–water partition coefficient (Wildman–Crippen LogP) is 4.37. The summed E-state index contributed by atoms with van der Waals surface area (Å²) in [6.07, 6.45) is 3.60. The Morgan fingerprint density at radius 2 is 1.89 bits per heavy atom. The van der Waals surface area contributed by atoms with Gasteiger partial charge < -0.3 is 24.8 Å². The van der Waals surface area contributed by atoms with Gasteiger partial charge in [0.1, 0.15) is 5.76 Å². The highest BCUT2D eigenvalue weighted by Crippen LogP contribution is 2.35. The van der Waals surface area contributed by atoms with E-state index in [0.717, 1.165) is 73.0 Å². The molecule has 3 N–H and O–H groups in total. The molecule has 0 radical (unpaired) electrons. The van der Waals surface area contributed by atoms with Crippen molar-refractivity contribution in [3.63, 3.8) is 0 Å². The summed E-state index contributed by atoms with van der Waals surface area (Å²) in [5, 5.41) is 14.1. The predicted molar refractivity (Wildman–Crippen MR) is 171 cm³/mol. The minimum Gasteiger partial charge on any atom is -0.371 e. The van der Waals surface area contributed by atoms with E-state index in [1.165, 1.54) is 0 Å². The molecule has 11 heteroatoms. The van der Waals surface area contributed by atoms with Gasteiger partial charge in [0.25, 0.3) is 0 Å².